The van der Waals surface area contributed by atoms with Gasteiger partial charge in [0.05, 0.1) is 4.92 Å². The van der Waals surface area contributed by atoms with Crippen LogP contribution in [0.5, 0.6) is 0 Å². The molecule has 5 heteroatoms. The van der Waals surface area contributed by atoms with E-state index in [9.17, 15) is 10.1 Å². The normalized spacial score (nSPS) is 12.1. The molecule has 0 amide bonds. The summed E-state index contributed by atoms with van der Waals surface area (Å²) >= 11 is 0. The van der Waals surface area contributed by atoms with Gasteiger partial charge < -0.3 is 5.73 Å². The van der Waals surface area contributed by atoms with Crippen LogP contribution >= 0.6 is 0 Å². The number of hydrogen-bond donors (Lipinski definition) is 1. The molecule has 0 aliphatic rings. The van der Waals surface area contributed by atoms with E-state index in [2.05, 4.69) is 4.98 Å². The molecule has 0 aliphatic carbocycles. The van der Waals surface area contributed by atoms with Crippen molar-refractivity contribution < 1.29 is 4.92 Å². The van der Waals surface area contributed by atoms with Crippen molar-refractivity contribution >= 4 is 5.69 Å². The Morgan fingerprint density at radius 3 is 2.58 bits per heavy atom. The maximum atomic E-state index is 11.0. The average molecular weight is 257 g/mol. The molecule has 1 unspecified atom stereocenters. The third-order valence-electron chi connectivity index (χ3n) is 2.93. The van der Waals surface area contributed by atoms with Crippen LogP contribution in [0.15, 0.2) is 42.5 Å². The van der Waals surface area contributed by atoms with Gasteiger partial charge in [0.2, 0.25) is 0 Å². The summed E-state index contributed by atoms with van der Waals surface area (Å²) in [5, 5.41) is 11.0. The van der Waals surface area contributed by atoms with E-state index in [1.807, 2.05) is 30.3 Å². The Bertz CT molecular complexity index is 584. The molecule has 0 radical (unpaired) electrons. The highest BCUT2D eigenvalue weighted by Gasteiger charge is 2.18. The monoisotopic (exact) mass is 257 g/mol. The number of nitrogens with zero attached hydrogens (tertiary/aromatic N) is 2. The highest BCUT2D eigenvalue weighted by Crippen LogP contribution is 2.22. The van der Waals surface area contributed by atoms with E-state index < -0.39 is 4.92 Å². The number of aromatic nitrogens is 1. The van der Waals surface area contributed by atoms with Crippen LogP contribution in [0.2, 0.25) is 0 Å². The molecule has 5 nitrogen and oxygen atoms in total. The van der Waals surface area contributed by atoms with Gasteiger partial charge in [0.1, 0.15) is 5.69 Å². The molecule has 19 heavy (non-hydrogen) atoms. The zero-order valence-electron chi connectivity index (χ0n) is 10.6. The summed E-state index contributed by atoms with van der Waals surface area (Å²) in [6.07, 6.45) is 0.349. The smallest absolute Gasteiger partial charge is 0.290 e. The quantitative estimate of drug-likeness (QED) is 0.674. The van der Waals surface area contributed by atoms with Crippen LogP contribution in [0.25, 0.3) is 0 Å². The summed E-state index contributed by atoms with van der Waals surface area (Å²) in [5.41, 5.74) is 8.24. The minimum Gasteiger partial charge on any atom is -0.324 e. The molecular weight excluding hydrogens is 242 g/mol. The number of pyridine rings is 1. The summed E-state index contributed by atoms with van der Waals surface area (Å²) in [4.78, 5) is 14.8. The highest BCUT2D eigenvalue weighted by atomic mass is 16.6. The Balaban J connectivity index is 2.28. The molecule has 0 fully saturated rings. The summed E-state index contributed by atoms with van der Waals surface area (Å²) in [7, 11) is 0. The number of rotatable bonds is 4. The molecular formula is C14H15N3O2. The van der Waals surface area contributed by atoms with E-state index in [1.165, 1.54) is 6.07 Å². The minimum absolute atomic E-state index is 0.0250. The fourth-order valence-corrected chi connectivity index (χ4v) is 1.95. The lowest BCUT2D eigenvalue weighted by Gasteiger charge is -2.11. The number of nitro groups is 1. The number of aryl methyl sites for hydroxylation is 1. The Morgan fingerprint density at radius 2 is 1.95 bits per heavy atom. The van der Waals surface area contributed by atoms with Crippen molar-refractivity contribution in [2.75, 3.05) is 0 Å². The van der Waals surface area contributed by atoms with Gasteiger partial charge in [-0.25, -0.2) is 0 Å². The van der Waals surface area contributed by atoms with E-state index in [0.717, 1.165) is 11.3 Å². The van der Waals surface area contributed by atoms with Crippen LogP contribution in [-0.2, 0) is 6.42 Å². The van der Waals surface area contributed by atoms with Crippen LogP contribution in [-0.4, -0.2) is 9.91 Å². The van der Waals surface area contributed by atoms with Gasteiger partial charge in [-0.2, -0.15) is 0 Å². The average Bonchev–Trinajstić information content (AvgIpc) is 2.39. The molecule has 1 aromatic heterocycles. The van der Waals surface area contributed by atoms with Crippen LogP contribution < -0.4 is 5.73 Å². The van der Waals surface area contributed by atoms with E-state index in [0.29, 0.717) is 12.1 Å². The molecule has 0 spiro atoms. The largest absolute Gasteiger partial charge is 0.324 e. The molecule has 0 aliphatic heterocycles. The van der Waals surface area contributed by atoms with Crippen LogP contribution in [0.1, 0.15) is 23.0 Å². The lowest BCUT2D eigenvalue weighted by Crippen LogP contribution is -2.15. The number of nitrogens with two attached hydrogens (primary N) is 1. The van der Waals surface area contributed by atoms with Gasteiger partial charge in [0.15, 0.2) is 0 Å². The SMILES string of the molecule is Cc1ccc([N+](=O)[O-])c(CC(N)c2ccccc2)n1. The van der Waals surface area contributed by atoms with Crippen molar-refractivity contribution in [1.29, 1.82) is 0 Å². The molecule has 1 heterocycles. The van der Waals surface area contributed by atoms with Crippen molar-refractivity contribution in [2.45, 2.75) is 19.4 Å². The van der Waals surface area contributed by atoms with Crippen LogP contribution in [0, 0.1) is 17.0 Å². The Morgan fingerprint density at radius 1 is 1.26 bits per heavy atom. The predicted octanol–water partition coefficient (Wildman–Crippen LogP) is 2.54. The van der Waals surface area contributed by atoms with Crippen molar-refractivity contribution in [1.82, 2.24) is 4.98 Å². The van der Waals surface area contributed by atoms with Crippen molar-refractivity contribution in [2.24, 2.45) is 5.73 Å². The zero-order valence-corrected chi connectivity index (χ0v) is 10.6. The highest BCUT2D eigenvalue weighted by molar-refractivity contribution is 5.37. The first-order chi connectivity index (χ1) is 9.08. The molecule has 2 rings (SSSR count). The molecule has 2 aromatic rings. The van der Waals surface area contributed by atoms with Gasteiger partial charge in [0.25, 0.3) is 5.69 Å². The van der Waals surface area contributed by atoms with Crippen LogP contribution in [0.4, 0.5) is 5.69 Å². The maximum Gasteiger partial charge on any atom is 0.290 e. The number of hydrogen-bond acceptors (Lipinski definition) is 4. The fourth-order valence-electron chi connectivity index (χ4n) is 1.95. The van der Waals surface area contributed by atoms with Crippen molar-refractivity contribution in [3.63, 3.8) is 0 Å². The second kappa shape index (κ2) is 5.58. The topological polar surface area (TPSA) is 82.0 Å². The third kappa shape index (κ3) is 3.14. The molecule has 2 N–H and O–H groups in total. The van der Waals surface area contributed by atoms with Crippen molar-refractivity contribution in [3.8, 4) is 0 Å². The molecule has 98 valence electrons. The lowest BCUT2D eigenvalue weighted by atomic mass is 10.0. The Labute approximate surface area is 111 Å². The lowest BCUT2D eigenvalue weighted by molar-refractivity contribution is -0.386. The molecule has 0 saturated carbocycles. The van der Waals surface area contributed by atoms with Gasteiger partial charge in [0, 0.05) is 24.2 Å². The summed E-state index contributed by atoms with van der Waals surface area (Å²) < 4.78 is 0. The van der Waals surface area contributed by atoms with E-state index in [-0.39, 0.29) is 11.7 Å². The Kier molecular flexibility index (Phi) is 3.87. The standard InChI is InChI=1S/C14H15N3O2/c1-10-7-8-14(17(18)19)13(16-10)9-12(15)11-5-3-2-4-6-11/h2-8,12H,9,15H2,1H3. The zero-order chi connectivity index (χ0) is 13.8. The third-order valence-corrected chi connectivity index (χ3v) is 2.93. The molecule has 0 bridgehead atoms. The van der Waals surface area contributed by atoms with E-state index in [1.54, 1.807) is 13.0 Å². The van der Waals surface area contributed by atoms with Crippen LogP contribution in [0.3, 0.4) is 0 Å². The van der Waals surface area contributed by atoms with E-state index in [4.69, 9.17) is 5.73 Å². The fraction of sp³-hybridized carbons (Fsp3) is 0.214. The number of benzene rings is 1. The summed E-state index contributed by atoms with van der Waals surface area (Å²) in [6, 6.07) is 12.3. The molecule has 1 atom stereocenters. The first-order valence-corrected chi connectivity index (χ1v) is 5.99. The Hall–Kier alpha value is -2.27. The van der Waals surface area contributed by atoms with Gasteiger partial charge in [-0.05, 0) is 18.6 Å². The first-order valence-electron chi connectivity index (χ1n) is 5.99. The van der Waals surface area contributed by atoms with Gasteiger partial charge >= 0.3 is 0 Å². The van der Waals surface area contributed by atoms with Gasteiger partial charge in [-0.15, -0.1) is 0 Å². The van der Waals surface area contributed by atoms with Crippen molar-refractivity contribution in [3.05, 3.63) is 69.5 Å². The maximum absolute atomic E-state index is 11.0. The first kappa shape index (κ1) is 13.2. The van der Waals surface area contributed by atoms with Gasteiger partial charge in [-0.3, -0.25) is 15.1 Å². The second-order valence-electron chi connectivity index (χ2n) is 4.40. The second-order valence-corrected chi connectivity index (χ2v) is 4.40. The minimum atomic E-state index is -0.417. The van der Waals surface area contributed by atoms with E-state index >= 15 is 0 Å². The van der Waals surface area contributed by atoms with Gasteiger partial charge in [-0.1, -0.05) is 30.3 Å². The summed E-state index contributed by atoms with van der Waals surface area (Å²) in [6.45, 7) is 1.81. The molecule has 1 aromatic carbocycles. The summed E-state index contributed by atoms with van der Waals surface area (Å²) in [5.74, 6) is 0. The predicted molar refractivity (Wildman–Crippen MR) is 72.7 cm³/mol. The molecule has 0 saturated heterocycles.